The average Bonchev–Trinajstić information content (AvgIpc) is 3.39. The Morgan fingerprint density at radius 2 is 1.81 bits per heavy atom. The second-order valence-electron chi connectivity index (χ2n) is 8.31. The van der Waals surface area contributed by atoms with Crippen LogP contribution < -0.4 is 16.4 Å². The van der Waals surface area contributed by atoms with Gasteiger partial charge in [0.05, 0.1) is 17.6 Å². The van der Waals surface area contributed by atoms with Gasteiger partial charge < -0.3 is 16.4 Å². The van der Waals surface area contributed by atoms with Crippen LogP contribution in [0, 0.1) is 23.0 Å². The molecule has 10 heteroatoms. The standard InChI is InChI=1S/C27H21F2N7S/c28-22-4-1-16(8-23(22)29)11-32-13-19-7-17(10-30)12-33-27(19)34-14-20-3-6-25(37-20)18-2-5-24-21(9-18)26(31)36-15-35-24/h1-9,12,15,32H,11,13-14H2,(H,33,34)(H2,31,35,36). The molecular weight excluding hydrogens is 492 g/mol. The van der Waals surface area contributed by atoms with E-state index < -0.39 is 11.6 Å². The fraction of sp³-hybridized carbons (Fsp3) is 0.111. The minimum Gasteiger partial charge on any atom is -0.383 e. The van der Waals surface area contributed by atoms with E-state index in [1.165, 1.54) is 18.6 Å². The van der Waals surface area contributed by atoms with Crippen LogP contribution >= 0.6 is 11.3 Å². The number of fused-ring (bicyclic) bond motifs is 1. The predicted molar refractivity (Wildman–Crippen MR) is 140 cm³/mol. The molecule has 3 heterocycles. The van der Waals surface area contributed by atoms with Crippen molar-refractivity contribution in [2.45, 2.75) is 19.6 Å². The van der Waals surface area contributed by atoms with Crippen LogP contribution in [0.3, 0.4) is 0 Å². The molecule has 37 heavy (non-hydrogen) atoms. The van der Waals surface area contributed by atoms with E-state index >= 15 is 0 Å². The van der Waals surface area contributed by atoms with Gasteiger partial charge in [-0.2, -0.15) is 5.26 Å². The van der Waals surface area contributed by atoms with Crippen LogP contribution in [0.25, 0.3) is 21.3 Å². The summed E-state index contributed by atoms with van der Waals surface area (Å²) in [6, 6.07) is 17.7. The van der Waals surface area contributed by atoms with Gasteiger partial charge >= 0.3 is 0 Å². The molecule has 7 nitrogen and oxygen atoms in total. The number of thiophene rings is 1. The number of pyridine rings is 1. The second kappa shape index (κ2) is 10.7. The van der Waals surface area contributed by atoms with Gasteiger partial charge in [-0.05, 0) is 53.6 Å². The van der Waals surface area contributed by atoms with Crippen molar-refractivity contribution in [3.05, 3.63) is 100 Å². The van der Waals surface area contributed by atoms with Crippen LogP contribution in [0.15, 0.2) is 67.1 Å². The Hall–Kier alpha value is -4.46. The quantitative estimate of drug-likeness (QED) is 0.255. The molecule has 0 fully saturated rings. The van der Waals surface area contributed by atoms with Crippen LogP contribution in [0.4, 0.5) is 20.4 Å². The van der Waals surface area contributed by atoms with Crippen molar-refractivity contribution in [3.8, 4) is 16.5 Å². The molecule has 5 rings (SSSR count). The van der Waals surface area contributed by atoms with Gasteiger partial charge in [0.2, 0.25) is 0 Å². The van der Waals surface area contributed by atoms with Crippen molar-refractivity contribution in [3.63, 3.8) is 0 Å². The fourth-order valence-electron chi connectivity index (χ4n) is 3.89. The summed E-state index contributed by atoms with van der Waals surface area (Å²) < 4.78 is 26.7. The number of nitrogen functional groups attached to an aromatic ring is 1. The Labute approximate surface area is 215 Å². The summed E-state index contributed by atoms with van der Waals surface area (Å²) in [4.78, 5) is 14.9. The van der Waals surface area contributed by atoms with E-state index in [9.17, 15) is 14.0 Å². The van der Waals surface area contributed by atoms with Gasteiger partial charge in [-0.15, -0.1) is 11.3 Å². The first-order chi connectivity index (χ1) is 18.0. The van der Waals surface area contributed by atoms with E-state index in [2.05, 4.69) is 37.7 Å². The SMILES string of the molecule is N#Cc1cnc(NCc2ccc(-c3ccc4ncnc(N)c4c3)s2)c(CNCc2ccc(F)c(F)c2)c1. The number of hydrogen-bond acceptors (Lipinski definition) is 8. The molecule has 4 N–H and O–H groups in total. The number of nitrogens with two attached hydrogens (primary N) is 1. The van der Waals surface area contributed by atoms with Crippen molar-refractivity contribution >= 4 is 33.9 Å². The van der Waals surface area contributed by atoms with Crippen molar-refractivity contribution in [1.29, 1.82) is 5.26 Å². The lowest BCUT2D eigenvalue weighted by Crippen LogP contribution is -2.15. The molecular formula is C27H21F2N7S. The number of nitrogens with one attached hydrogen (secondary N) is 2. The van der Waals surface area contributed by atoms with Gasteiger partial charge in [-0.3, -0.25) is 0 Å². The molecule has 0 saturated carbocycles. The smallest absolute Gasteiger partial charge is 0.159 e. The fourth-order valence-corrected chi connectivity index (χ4v) is 4.83. The van der Waals surface area contributed by atoms with Crippen LogP contribution in [0.1, 0.15) is 21.6 Å². The third kappa shape index (κ3) is 5.53. The second-order valence-corrected chi connectivity index (χ2v) is 9.47. The van der Waals surface area contributed by atoms with Crippen LogP contribution in [0.2, 0.25) is 0 Å². The topological polar surface area (TPSA) is 113 Å². The Balaban J connectivity index is 1.27. The molecule has 0 saturated heterocycles. The van der Waals surface area contributed by atoms with E-state index in [0.717, 1.165) is 43.9 Å². The minimum atomic E-state index is -0.884. The maximum Gasteiger partial charge on any atom is 0.159 e. The highest BCUT2D eigenvalue weighted by Crippen LogP contribution is 2.31. The molecule has 184 valence electrons. The van der Waals surface area contributed by atoms with E-state index in [1.807, 2.05) is 24.3 Å². The molecule has 3 aromatic heterocycles. The highest BCUT2D eigenvalue weighted by molar-refractivity contribution is 7.15. The average molecular weight is 514 g/mol. The molecule has 0 bridgehead atoms. The number of anilines is 2. The molecule has 0 spiro atoms. The number of rotatable bonds is 8. The molecule has 0 aliphatic carbocycles. The Kier molecular flexibility index (Phi) is 6.98. The predicted octanol–water partition coefficient (Wildman–Crippen LogP) is 5.39. The van der Waals surface area contributed by atoms with Crippen LogP contribution in [0.5, 0.6) is 0 Å². The van der Waals surface area contributed by atoms with Crippen molar-refractivity contribution in [2.24, 2.45) is 0 Å². The van der Waals surface area contributed by atoms with Crippen molar-refractivity contribution < 1.29 is 8.78 Å². The van der Waals surface area contributed by atoms with Crippen molar-refractivity contribution in [2.75, 3.05) is 11.1 Å². The zero-order valence-corrected chi connectivity index (χ0v) is 20.3. The van der Waals surface area contributed by atoms with Gasteiger partial charge in [-0.1, -0.05) is 12.1 Å². The molecule has 2 aromatic carbocycles. The molecule has 0 unspecified atom stereocenters. The Morgan fingerprint density at radius 3 is 2.65 bits per heavy atom. The lowest BCUT2D eigenvalue weighted by Gasteiger charge is -2.12. The van der Waals surface area contributed by atoms with E-state index in [4.69, 9.17) is 5.73 Å². The molecule has 0 radical (unpaired) electrons. The summed E-state index contributed by atoms with van der Waals surface area (Å²) in [6.45, 7) is 1.27. The summed E-state index contributed by atoms with van der Waals surface area (Å²) in [5, 5.41) is 16.7. The molecule has 0 atom stereocenters. The first-order valence-electron chi connectivity index (χ1n) is 11.4. The maximum absolute atomic E-state index is 13.5. The summed E-state index contributed by atoms with van der Waals surface area (Å²) in [5.74, 6) is -0.674. The number of halogens is 2. The van der Waals surface area contributed by atoms with E-state index in [-0.39, 0.29) is 0 Å². The molecule has 0 aliphatic rings. The summed E-state index contributed by atoms with van der Waals surface area (Å²) >= 11 is 1.64. The zero-order valence-electron chi connectivity index (χ0n) is 19.5. The molecule has 0 amide bonds. The summed E-state index contributed by atoms with van der Waals surface area (Å²) in [7, 11) is 0. The van der Waals surface area contributed by atoms with Crippen LogP contribution in [-0.4, -0.2) is 15.0 Å². The molecule has 0 aliphatic heterocycles. The normalized spacial score (nSPS) is 10.9. The number of aromatic nitrogens is 3. The number of benzene rings is 2. The Bertz CT molecular complexity index is 1630. The first kappa shape index (κ1) is 24.2. The third-order valence-electron chi connectivity index (χ3n) is 5.77. The zero-order chi connectivity index (χ0) is 25.8. The minimum absolute atomic E-state index is 0.336. The maximum atomic E-state index is 13.5. The van der Waals surface area contributed by atoms with Gasteiger partial charge in [-0.25, -0.2) is 23.7 Å². The van der Waals surface area contributed by atoms with E-state index in [1.54, 1.807) is 17.4 Å². The number of nitriles is 1. The van der Waals surface area contributed by atoms with Crippen LogP contribution in [-0.2, 0) is 19.6 Å². The van der Waals surface area contributed by atoms with E-state index in [0.29, 0.717) is 42.4 Å². The summed E-state index contributed by atoms with van der Waals surface area (Å²) in [5.41, 5.74) is 9.69. The molecule has 5 aromatic rings. The Morgan fingerprint density at radius 1 is 0.919 bits per heavy atom. The summed E-state index contributed by atoms with van der Waals surface area (Å²) in [6.07, 6.45) is 2.97. The monoisotopic (exact) mass is 513 g/mol. The van der Waals surface area contributed by atoms with Gasteiger partial charge in [0.15, 0.2) is 11.6 Å². The highest BCUT2D eigenvalue weighted by Gasteiger charge is 2.10. The first-order valence-corrected chi connectivity index (χ1v) is 12.2. The lowest BCUT2D eigenvalue weighted by atomic mass is 10.1. The number of hydrogen-bond donors (Lipinski definition) is 3. The van der Waals surface area contributed by atoms with Crippen molar-refractivity contribution in [1.82, 2.24) is 20.3 Å². The number of nitrogens with zero attached hydrogens (tertiary/aromatic N) is 4. The largest absolute Gasteiger partial charge is 0.383 e. The third-order valence-corrected chi connectivity index (χ3v) is 6.90. The highest BCUT2D eigenvalue weighted by atomic mass is 32.1. The lowest BCUT2D eigenvalue weighted by molar-refractivity contribution is 0.506. The van der Waals surface area contributed by atoms with Gasteiger partial charge in [0, 0.05) is 40.0 Å². The van der Waals surface area contributed by atoms with Gasteiger partial charge in [0.25, 0.3) is 0 Å². The van der Waals surface area contributed by atoms with Gasteiger partial charge in [0.1, 0.15) is 24.0 Å².